The van der Waals surface area contributed by atoms with Crippen LogP contribution < -0.4 is 21.3 Å². The van der Waals surface area contributed by atoms with Crippen molar-refractivity contribution in [2.75, 3.05) is 6.54 Å². The van der Waals surface area contributed by atoms with Gasteiger partial charge in [-0.1, -0.05) is 109 Å². The molecule has 0 bridgehead atoms. The van der Waals surface area contributed by atoms with E-state index in [1.807, 2.05) is 56.3 Å². The zero-order chi connectivity index (χ0) is 36.8. The maximum Gasteiger partial charge on any atom is 0.408 e. The molecule has 2 aromatic rings. The number of benzene rings is 2. The molecule has 278 valence electrons. The van der Waals surface area contributed by atoms with Crippen LogP contribution in [0.4, 0.5) is 4.79 Å². The lowest BCUT2D eigenvalue weighted by Gasteiger charge is -2.33. The summed E-state index contributed by atoms with van der Waals surface area (Å²) in [4.78, 5) is 53.7. The molecule has 4 amide bonds. The quantitative estimate of drug-likeness (QED) is 0.125. The number of hydrogen-bond acceptors (Lipinski definition) is 6. The van der Waals surface area contributed by atoms with E-state index in [0.717, 1.165) is 54.9 Å². The molecule has 3 rings (SSSR count). The van der Waals surface area contributed by atoms with Gasteiger partial charge in [0.25, 0.3) is 0 Å². The topological polar surface area (TPSA) is 146 Å². The van der Waals surface area contributed by atoms with E-state index in [9.17, 15) is 24.3 Å². The maximum atomic E-state index is 14.0. The molecule has 0 saturated heterocycles. The second-order valence-electron chi connectivity index (χ2n) is 15.5. The van der Waals surface area contributed by atoms with E-state index in [1.165, 1.54) is 6.42 Å². The number of ether oxygens (including phenoxy) is 1. The van der Waals surface area contributed by atoms with Crippen LogP contribution in [0, 0.1) is 17.8 Å². The van der Waals surface area contributed by atoms with E-state index in [2.05, 4.69) is 28.2 Å². The fourth-order valence-corrected chi connectivity index (χ4v) is 6.70. The van der Waals surface area contributed by atoms with E-state index >= 15 is 0 Å². The van der Waals surface area contributed by atoms with Gasteiger partial charge in [0.05, 0.1) is 12.1 Å². The molecular formula is C40H62N4O6. The summed E-state index contributed by atoms with van der Waals surface area (Å²) in [6.45, 7) is 13.4. The first kappa shape index (κ1) is 40.8. The van der Waals surface area contributed by atoms with Crippen LogP contribution in [-0.2, 0) is 25.5 Å². The van der Waals surface area contributed by atoms with Crippen molar-refractivity contribution in [3.63, 3.8) is 0 Å². The summed E-state index contributed by atoms with van der Waals surface area (Å²) in [5.41, 5.74) is 0.0978. The Bertz CT molecular complexity index is 1390. The predicted octanol–water partition coefficient (Wildman–Crippen LogP) is 6.18. The Balaban J connectivity index is 1.81. The highest BCUT2D eigenvalue weighted by atomic mass is 16.6. The minimum Gasteiger partial charge on any atom is -0.444 e. The highest BCUT2D eigenvalue weighted by Crippen LogP contribution is 2.29. The number of carbonyl (C=O) groups is 4. The third kappa shape index (κ3) is 13.2. The van der Waals surface area contributed by atoms with Crippen molar-refractivity contribution < 1.29 is 29.0 Å². The van der Waals surface area contributed by atoms with Gasteiger partial charge in [0.1, 0.15) is 17.7 Å². The Hall–Kier alpha value is -3.66. The number of aliphatic hydroxyl groups is 1. The highest BCUT2D eigenvalue weighted by Gasteiger charge is 2.34. The van der Waals surface area contributed by atoms with Crippen molar-refractivity contribution in [2.45, 2.75) is 143 Å². The number of unbranched alkanes of at least 4 members (excludes halogenated alkanes) is 1. The molecule has 1 fully saturated rings. The molecule has 0 spiro atoms. The lowest BCUT2D eigenvalue weighted by molar-refractivity contribution is -0.132. The molecule has 5 atom stereocenters. The molecule has 10 heteroatoms. The zero-order valence-electron chi connectivity index (χ0n) is 31.3. The van der Waals surface area contributed by atoms with E-state index in [0.29, 0.717) is 18.9 Å². The molecule has 10 nitrogen and oxygen atoms in total. The molecular weight excluding hydrogens is 632 g/mol. The minimum absolute atomic E-state index is 0.109. The van der Waals surface area contributed by atoms with Crippen molar-refractivity contribution in [2.24, 2.45) is 17.8 Å². The van der Waals surface area contributed by atoms with E-state index in [1.54, 1.807) is 27.7 Å². The van der Waals surface area contributed by atoms with Crippen LogP contribution >= 0.6 is 0 Å². The summed E-state index contributed by atoms with van der Waals surface area (Å²) in [6.07, 6.45) is 6.66. The molecule has 50 heavy (non-hydrogen) atoms. The minimum atomic E-state index is -1.03. The zero-order valence-corrected chi connectivity index (χ0v) is 31.3. The summed E-state index contributed by atoms with van der Waals surface area (Å²) < 4.78 is 5.50. The second-order valence-corrected chi connectivity index (χ2v) is 15.5. The number of alkyl carbamates (subject to hydrolysis) is 1. The third-order valence-corrected chi connectivity index (χ3v) is 9.53. The first-order valence-corrected chi connectivity index (χ1v) is 18.7. The summed E-state index contributed by atoms with van der Waals surface area (Å²) in [6, 6.07) is 11.1. The third-order valence-electron chi connectivity index (χ3n) is 9.53. The van der Waals surface area contributed by atoms with Crippen molar-refractivity contribution >= 4 is 34.6 Å². The molecule has 5 N–H and O–H groups in total. The molecule has 2 aromatic carbocycles. The number of carbonyl (C=O) groups excluding carboxylic acids is 4. The fourth-order valence-electron chi connectivity index (χ4n) is 6.70. The van der Waals surface area contributed by atoms with Gasteiger partial charge in [0, 0.05) is 18.9 Å². The van der Waals surface area contributed by atoms with Crippen LogP contribution in [0.3, 0.4) is 0 Å². The maximum absolute atomic E-state index is 14.0. The van der Waals surface area contributed by atoms with Gasteiger partial charge in [0.2, 0.25) is 17.7 Å². The summed E-state index contributed by atoms with van der Waals surface area (Å²) in [5, 5.41) is 25.1. The monoisotopic (exact) mass is 694 g/mol. The van der Waals surface area contributed by atoms with Crippen molar-refractivity contribution in [1.82, 2.24) is 21.3 Å². The molecule has 1 saturated carbocycles. The van der Waals surface area contributed by atoms with Crippen LogP contribution in [0.2, 0.25) is 0 Å². The van der Waals surface area contributed by atoms with E-state index in [4.69, 9.17) is 4.74 Å². The Labute approximate surface area is 299 Å². The van der Waals surface area contributed by atoms with Crippen LogP contribution in [0.15, 0.2) is 42.5 Å². The van der Waals surface area contributed by atoms with Crippen LogP contribution in [0.5, 0.6) is 0 Å². The van der Waals surface area contributed by atoms with Gasteiger partial charge in [-0.15, -0.1) is 0 Å². The van der Waals surface area contributed by atoms with Crippen LogP contribution in [0.1, 0.15) is 112 Å². The van der Waals surface area contributed by atoms with Crippen molar-refractivity contribution in [3.05, 3.63) is 48.0 Å². The molecule has 1 aliphatic carbocycles. The smallest absolute Gasteiger partial charge is 0.408 e. The molecule has 0 aromatic heterocycles. The average molecular weight is 695 g/mol. The predicted molar refractivity (Wildman–Crippen MR) is 198 cm³/mol. The molecule has 0 heterocycles. The van der Waals surface area contributed by atoms with Gasteiger partial charge in [-0.2, -0.15) is 0 Å². The highest BCUT2D eigenvalue weighted by molar-refractivity contribution is 5.93. The van der Waals surface area contributed by atoms with Gasteiger partial charge in [-0.05, 0) is 68.2 Å². The fraction of sp³-hybridized carbons (Fsp3) is 0.650. The van der Waals surface area contributed by atoms with Gasteiger partial charge >= 0.3 is 6.09 Å². The van der Waals surface area contributed by atoms with Crippen LogP contribution in [-0.4, -0.2) is 65.3 Å². The standard InChI is InChI=1S/C40H62N4O6/c1-8-9-22-41-36(46)27(4)23-34(45)32(24-28-16-11-10-12-17-28)42-38(48)35(26(2)3)44-37(47)33(43-39(49)50-40(5,6)7)25-30-20-15-19-29-18-13-14-21-31(29)30/h13-15,18-21,26-28,32-35,45H,8-12,16-17,22-25H2,1-7H3,(H,41,46)(H,42,48)(H,43,49)(H,44,47)/t27-,32+,33+,34+,35+/m1/s1. The van der Waals surface area contributed by atoms with Gasteiger partial charge in [-0.25, -0.2) is 4.79 Å². The molecule has 0 aliphatic heterocycles. The number of hydrogen-bond donors (Lipinski definition) is 5. The first-order valence-electron chi connectivity index (χ1n) is 18.7. The Morgan fingerprint density at radius 1 is 0.880 bits per heavy atom. The number of rotatable bonds is 17. The second kappa shape index (κ2) is 19.7. The van der Waals surface area contributed by atoms with Gasteiger partial charge in [-0.3, -0.25) is 14.4 Å². The lowest BCUT2D eigenvalue weighted by atomic mass is 9.82. The van der Waals surface area contributed by atoms with E-state index in [-0.39, 0.29) is 24.7 Å². The molecule has 0 unspecified atom stereocenters. The molecule has 0 radical (unpaired) electrons. The Morgan fingerprint density at radius 3 is 2.22 bits per heavy atom. The van der Waals surface area contributed by atoms with Gasteiger partial charge in [0.15, 0.2) is 0 Å². The number of aliphatic hydroxyl groups excluding tert-OH is 1. The average Bonchev–Trinajstić information content (AvgIpc) is 3.06. The normalized spacial score (nSPS) is 16.9. The first-order chi connectivity index (χ1) is 23.7. The number of amides is 4. The van der Waals surface area contributed by atoms with Gasteiger partial charge < -0.3 is 31.1 Å². The molecule has 1 aliphatic rings. The van der Waals surface area contributed by atoms with Crippen molar-refractivity contribution in [3.8, 4) is 0 Å². The summed E-state index contributed by atoms with van der Waals surface area (Å²) in [5.74, 6) is -1.40. The summed E-state index contributed by atoms with van der Waals surface area (Å²) in [7, 11) is 0. The lowest BCUT2D eigenvalue weighted by Crippen LogP contribution is -2.58. The largest absolute Gasteiger partial charge is 0.444 e. The SMILES string of the molecule is CCCCNC(=O)[C@H](C)C[C@H](O)[C@H](CC1CCCCC1)NC(=O)[C@@H](NC(=O)[C@H](Cc1cccc2ccccc12)NC(=O)OC(C)(C)C)C(C)C. The number of nitrogens with one attached hydrogen (secondary N) is 4. The number of fused-ring (bicyclic) bond motifs is 1. The Morgan fingerprint density at radius 2 is 1.56 bits per heavy atom. The van der Waals surface area contributed by atoms with Crippen molar-refractivity contribution in [1.29, 1.82) is 0 Å². The van der Waals surface area contributed by atoms with Crippen LogP contribution in [0.25, 0.3) is 10.8 Å². The van der Waals surface area contributed by atoms with E-state index < -0.39 is 53.7 Å². The Kier molecular flexibility index (Phi) is 16.0. The summed E-state index contributed by atoms with van der Waals surface area (Å²) >= 11 is 0.